The van der Waals surface area contributed by atoms with Gasteiger partial charge in [-0.05, 0) is 18.2 Å². The third-order valence-corrected chi connectivity index (χ3v) is 3.74. The molecule has 2 aromatic rings. The lowest BCUT2D eigenvalue weighted by Crippen LogP contribution is -2.20. The molecule has 0 aliphatic carbocycles. The van der Waals surface area contributed by atoms with Crippen molar-refractivity contribution in [2.45, 2.75) is 4.90 Å². The lowest BCUT2D eigenvalue weighted by molar-refractivity contribution is 0.112. The van der Waals surface area contributed by atoms with Crippen LogP contribution in [0, 0.1) is 0 Å². The second-order valence-corrected chi connectivity index (χ2v) is 5.39. The number of hydrogen-bond acceptors (Lipinski definition) is 4. The van der Waals surface area contributed by atoms with Crippen LogP contribution >= 0.6 is 0 Å². The molecular formula is C12H10N2O4S. The van der Waals surface area contributed by atoms with E-state index in [9.17, 15) is 18.0 Å². The Morgan fingerprint density at radius 3 is 2.47 bits per heavy atom. The van der Waals surface area contributed by atoms with Crippen LogP contribution in [0.5, 0.6) is 0 Å². The van der Waals surface area contributed by atoms with Crippen LogP contribution in [0.4, 0.5) is 5.69 Å². The van der Waals surface area contributed by atoms with Crippen LogP contribution in [-0.4, -0.2) is 19.7 Å². The number of hydrogen-bond donors (Lipinski definition) is 2. The van der Waals surface area contributed by atoms with Crippen molar-refractivity contribution in [1.82, 2.24) is 4.98 Å². The molecule has 1 aromatic carbocycles. The van der Waals surface area contributed by atoms with E-state index in [4.69, 9.17) is 0 Å². The molecule has 7 heteroatoms. The quantitative estimate of drug-likeness (QED) is 0.815. The van der Waals surface area contributed by atoms with Crippen molar-refractivity contribution in [2.24, 2.45) is 0 Å². The molecule has 0 amide bonds. The number of rotatable bonds is 4. The zero-order valence-electron chi connectivity index (χ0n) is 9.66. The first-order valence-electron chi connectivity index (χ1n) is 5.29. The Labute approximate surface area is 109 Å². The number of benzene rings is 1. The average Bonchev–Trinajstić information content (AvgIpc) is 2.42. The Morgan fingerprint density at radius 2 is 1.84 bits per heavy atom. The molecule has 0 spiro atoms. The maximum atomic E-state index is 12.0. The minimum Gasteiger partial charge on any atom is -0.327 e. The fourth-order valence-corrected chi connectivity index (χ4v) is 2.52. The predicted molar refractivity (Wildman–Crippen MR) is 69.7 cm³/mol. The molecule has 0 fully saturated rings. The second-order valence-electron chi connectivity index (χ2n) is 3.71. The summed E-state index contributed by atoms with van der Waals surface area (Å²) in [7, 11) is -3.85. The van der Waals surface area contributed by atoms with Crippen LogP contribution in [0.3, 0.4) is 0 Å². The zero-order valence-corrected chi connectivity index (χ0v) is 10.5. The number of anilines is 1. The number of H-pyrrole nitrogens is 1. The van der Waals surface area contributed by atoms with E-state index in [1.54, 1.807) is 18.2 Å². The van der Waals surface area contributed by atoms with Gasteiger partial charge in [-0.1, -0.05) is 18.2 Å². The number of pyridine rings is 1. The highest BCUT2D eigenvalue weighted by Crippen LogP contribution is 2.12. The molecule has 1 aromatic heterocycles. The SMILES string of the molecule is O=Cc1c[nH]c(=O)c(NS(=O)(=O)c2ccccc2)c1. The van der Waals surface area contributed by atoms with Gasteiger partial charge >= 0.3 is 0 Å². The number of sulfonamides is 1. The van der Waals surface area contributed by atoms with Gasteiger partial charge in [0.1, 0.15) is 5.69 Å². The van der Waals surface area contributed by atoms with Crippen molar-refractivity contribution in [3.63, 3.8) is 0 Å². The van der Waals surface area contributed by atoms with E-state index in [1.807, 2.05) is 0 Å². The maximum absolute atomic E-state index is 12.0. The summed E-state index contributed by atoms with van der Waals surface area (Å²) < 4.78 is 26.1. The number of carbonyl (C=O) groups excluding carboxylic acids is 1. The summed E-state index contributed by atoms with van der Waals surface area (Å²) >= 11 is 0. The molecule has 2 rings (SSSR count). The van der Waals surface area contributed by atoms with Crippen molar-refractivity contribution in [1.29, 1.82) is 0 Å². The Morgan fingerprint density at radius 1 is 1.16 bits per heavy atom. The molecule has 1 heterocycles. The lowest BCUT2D eigenvalue weighted by atomic mass is 10.3. The van der Waals surface area contributed by atoms with Gasteiger partial charge in [-0.3, -0.25) is 14.3 Å². The van der Waals surface area contributed by atoms with Gasteiger partial charge in [-0.2, -0.15) is 0 Å². The van der Waals surface area contributed by atoms with Gasteiger partial charge in [0.05, 0.1) is 4.90 Å². The van der Waals surface area contributed by atoms with Crippen LogP contribution in [0.25, 0.3) is 0 Å². The minimum absolute atomic E-state index is 0.0332. The van der Waals surface area contributed by atoms with Crippen LogP contribution in [0.15, 0.2) is 52.3 Å². The van der Waals surface area contributed by atoms with E-state index in [1.165, 1.54) is 24.4 Å². The zero-order chi connectivity index (χ0) is 13.9. The van der Waals surface area contributed by atoms with Crippen LogP contribution in [0.1, 0.15) is 10.4 Å². The van der Waals surface area contributed by atoms with Crippen LogP contribution < -0.4 is 10.3 Å². The summed E-state index contributed by atoms with van der Waals surface area (Å²) in [6, 6.07) is 8.80. The van der Waals surface area contributed by atoms with E-state index in [0.717, 1.165) is 0 Å². The van der Waals surface area contributed by atoms with Crippen molar-refractivity contribution < 1.29 is 13.2 Å². The molecule has 0 bridgehead atoms. The summed E-state index contributed by atoms with van der Waals surface area (Å²) in [5.74, 6) is 0. The first kappa shape index (κ1) is 13.0. The van der Waals surface area contributed by atoms with Gasteiger partial charge in [-0.25, -0.2) is 8.42 Å². The molecule has 0 aliphatic heterocycles. The summed E-state index contributed by atoms with van der Waals surface area (Å²) in [5.41, 5.74) is -0.649. The Kier molecular flexibility index (Phi) is 3.48. The van der Waals surface area contributed by atoms with E-state index in [2.05, 4.69) is 9.71 Å². The maximum Gasteiger partial charge on any atom is 0.272 e. The molecule has 0 unspecified atom stereocenters. The van der Waals surface area contributed by atoms with E-state index in [-0.39, 0.29) is 16.1 Å². The molecule has 2 N–H and O–H groups in total. The van der Waals surface area contributed by atoms with Crippen molar-refractivity contribution in [2.75, 3.05) is 4.72 Å². The highest BCUT2D eigenvalue weighted by molar-refractivity contribution is 7.92. The fraction of sp³-hybridized carbons (Fsp3) is 0. The molecule has 98 valence electrons. The first-order chi connectivity index (χ1) is 9.03. The van der Waals surface area contributed by atoms with Crippen molar-refractivity contribution in [3.8, 4) is 0 Å². The van der Waals surface area contributed by atoms with Gasteiger partial charge in [0.15, 0.2) is 6.29 Å². The highest BCUT2D eigenvalue weighted by atomic mass is 32.2. The normalized spacial score (nSPS) is 10.9. The van der Waals surface area contributed by atoms with E-state index in [0.29, 0.717) is 6.29 Å². The third kappa shape index (κ3) is 2.89. The summed E-state index contributed by atoms with van der Waals surface area (Å²) in [6.07, 6.45) is 1.71. The first-order valence-corrected chi connectivity index (χ1v) is 6.77. The number of aromatic nitrogens is 1. The molecule has 19 heavy (non-hydrogen) atoms. The second kappa shape index (κ2) is 5.07. The standard InChI is InChI=1S/C12H10N2O4S/c15-8-9-6-11(12(16)13-7-9)14-19(17,18)10-4-2-1-3-5-10/h1-8,14H,(H,13,16). The Balaban J connectivity index is 2.41. The summed E-state index contributed by atoms with van der Waals surface area (Å²) in [5, 5.41) is 0. The van der Waals surface area contributed by atoms with E-state index < -0.39 is 15.6 Å². The predicted octanol–water partition coefficient (Wildman–Crippen LogP) is 0.988. The van der Waals surface area contributed by atoms with Gasteiger partial charge in [0.2, 0.25) is 0 Å². The Hall–Kier alpha value is -2.41. The molecule has 0 saturated heterocycles. The van der Waals surface area contributed by atoms with Crippen molar-refractivity contribution >= 4 is 22.0 Å². The van der Waals surface area contributed by atoms with Gasteiger partial charge < -0.3 is 4.98 Å². The molecule has 0 atom stereocenters. The summed E-state index contributed by atoms with van der Waals surface area (Å²) in [6.45, 7) is 0. The fourth-order valence-electron chi connectivity index (χ4n) is 1.45. The molecule has 0 radical (unpaired) electrons. The number of aldehydes is 1. The van der Waals surface area contributed by atoms with Crippen LogP contribution in [0.2, 0.25) is 0 Å². The minimum atomic E-state index is -3.85. The van der Waals surface area contributed by atoms with Gasteiger partial charge in [0, 0.05) is 11.8 Å². The molecule has 6 nitrogen and oxygen atoms in total. The molecular weight excluding hydrogens is 268 g/mol. The van der Waals surface area contributed by atoms with E-state index >= 15 is 0 Å². The average molecular weight is 278 g/mol. The lowest BCUT2D eigenvalue weighted by Gasteiger charge is -2.07. The van der Waals surface area contributed by atoms with Crippen molar-refractivity contribution in [3.05, 3.63) is 58.5 Å². The largest absolute Gasteiger partial charge is 0.327 e. The summed E-state index contributed by atoms with van der Waals surface area (Å²) in [4.78, 5) is 24.4. The smallest absolute Gasteiger partial charge is 0.272 e. The highest BCUT2D eigenvalue weighted by Gasteiger charge is 2.15. The van der Waals surface area contributed by atoms with Gasteiger partial charge in [-0.15, -0.1) is 0 Å². The van der Waals surface area contributed by atoms with Gasteiger partial charge in [0.25, 0.3) is 15.6 Å². The number of carbonyl (C=O) groups is 1. The number of nitrogens with one attached hydrogen (secondary N) is 2. The topological polar surface area (TPSA) is 96.1 Å². The molecule has 0 aliphatic rings. The third-order valence-electron chi connectivity index (χ3n) is 2.36. The van der Waals surface area contributed by atoms with Crippen LogP contribution in [-0.2, 0) is 10.0 Å². The number of aromatic amines is 1. The molecule has 0 saturated carbocycles. The Bertz CT molecular complexity index is 751. The monoisotopic (exact) mass is 278 g/mol.